The van der Waals surface area contributed by atoms with Crippen molar-refractivity contribution in [1.82, 2.24) is 10.3 Å². The van der Waals surface area contributed by atoms with Gasteiger partial charge in [-0.3, -0.25) is 0 Å². The summed E-state index contributed by atoms with van der Waals surface area (Å²) in [7, 11) is 0. The SMILES string of the molecule is CC1CCC(NCc2cnco2)CC1C. The largest absolute Gasteiger partial charge is 0.447 e. The number of nitrogens with one attached hydrogen (secondary N) is 1. The maximum atomic E-state index is 5.20. The van der Waals surface area contributed by atoms with Crippen molar-refractivity contribution in [2.75, 3.05) is 0 Å². The second-order valence-corrected chi connectivity index (χ2v) is 4.81. The van der Waals surface area contributed by atoms with Crippen LogP contribution in [-0.2, 0) is 6.54 Å². The molecule has 3 heteroatoms. The lowest BCUT2D eigenvalue weighted by Crippen LogP contribution is -2.35. The summed E-state index contributed by atoms with van der Waals surface area (Å²) in [6, 6.07) is 0.654. The third kappa shape index (κ3) is 2.81. The first-order chi connectivity index (χ1) is 7.25. The lowest BCUT2D eigenvalue weighted by molar-refractivity contribution is 0.223. The normalized spacial score (nSPS) is 31.7. The van der Waals surface area contributed by atoms with Crippen LogP contribution in [0.15, 0.2) is 17.0 Å². The molecule has 3 unspecified atom stereocenters. The Morgan fingerprint density at radius 1 is 1.40 bits per heavy atom. The molecule has 0 radical (unpaired) electrons. The highest BCUT2D eigenvalue weighted by Crippen LogP contribution is 2.29. The summed E-state index contributed by atoms with van der Waals surface area (Å²) in [6.45, 7) is 5.52. The van der Waals surface area contributed by atoms with Crippen LogP contribution < -0.4 is 5.32 Å². The van der Waals surface area contributed by atoms with Crippen molar-refractivity contribution in [2.24, 2.45) is 11.8 Å². The van der Waals surface area contributed by atoms with Crippen molar-refractivity contribution in [1.29, 1.82) is 0 Å². The summed E-state index contributed by atoms with van der Waals surface area (Å²) >= 11 is 0. The molecule has 0 amide bonds. The topological polar surface area (TPSA) is 38.1 Å². The Hall–Kier alpha value is -0.830. The zero-order valence-electron chi connectivity index (χ0n) is 9.57. The van der Waals surface area contributed by atoms with Crippen LogP contribution in [-0.4, -0.2) is 11.0 Å². The van der Waals surface area contributed by atoms with E-state index >= 15 is 0 Å². The second-order valence-electron chi connectivity index (χ2n) is 4.81. The Morgan fingerprint density at radius 3 is 2.93 bits per heavy atom. The molecule has 0 spiro atoms. The molecule has 1 heterocycles. The fraction of sp³-hybridized carbons (Fsp3) is 0.750. The number of rotatable bonds is 3. The first kappa shape index (κ1) is 10.7. The van der Waals surface area contributed by atoms with E-state index < -0.39 is 0 Å². The molecule has 3 atom stereocenters. The number of oxazole rings is 1. The Morgan fingerprint density at radius 2 is 2.27 bits per heavy atom. The van der Waals surface area contributed by atoms with Crippen molar-refractivity contribution >= 4 is 0 Å². The van der Waals surface area contributed by atoms with Gasteiger partial charge in [-0.05, 0) is 31.1 Å². The quantitative estimate of drug-likeness (QED) is 0.829. The van der Waals surface area contributed by atoms with Crippen molar-refractivity contribution in [3.63, 3.8) is 0 Å². The summed E-state index contributed by atoms with van der Waals surface area (Å²) in [6.07, 6.45) is 7.19. The summed E-state index contributed by atoms with van der Waals surface area (Å²) in [5, 5.41) is 3.54. The molecule has 1 aromatic heterocycles. The van der Waals surface area contributed by atoms with E-state index in [4.69, 9.17) is 4.42 Å². The van der Waals surface area contributed by atoms with E-state index in [-0.39, 0.29) is 0 Å². The number of aromatic nitrogens is 1. The number of hydrogen-bond donors (Lipinski definition) is 1. The van der Waals surface area contributed by atoms with Crippen LogP contribution in [0.5, 0.6) is 0 Å². The van der Waals surface area contributed by atoms with Gasteiger partial charge in [0.1, 0.15) is 5.76 Å². The molecule has 84 valence electrons. The van der Waals surface area contributed by atoms with Crippen molar-refractivity contribution < 1.29 is 4.42 Å². The van der Waals surface area contributed by atoms with Crippen molar-refractivity contribution in [2.45, 2.75) is 45.7 Å². The standard InChI is InChI=1S/C12H20N2O/c1-9-3-4-11(5-10(9)2)14-7-12-6-13-8-15-12/h6,8-11,14H,3-5,7H2,1-2H3. The summed E-state index contributed by atoms with van der Waals surface area (Å²) in [5.74, 6) is 2.65. The van der Waals surface area contributed by atoms with E-state index in [2.05, 4.69) is 24.1 Å². The number of hydrogen-bond acceptors (Lipinski definition) is 3. The van der Waals surface area contributed by atoms with Gasteiger partial charge in [-0.2, -0.15) is 0 Å². The predicted molar refractivity (Wildman–Crippen MR) is 59.3 cm³/mol. The van der Waals surface area contributed by atoms with Gasteiger partial charge in [0.25, 0.3) is 0 Å². The number of nitrogens with zero attached hydrogens (tertiary/aromatic N) is 1. The van der Waals surface area contributed by atoms with Gasteiger partial charge in [0, 0.05) is 6.04 Å². The first-order valence-electron chi connectivity index (χ1n) is 5.86. The molecule has 1 aliphatic rings. The van der Waals surface area contributed by atoms with E-state index in [1.165, 1.54) is 25.7 Å². The highest BCUT2D eigenvalue weighted by atomic mass is 16.3. The van der Waals surface area contributed by atoms with Crippen LogP contribution in [0.4, 0.5) is 0 Å². The minimum Gasteiger partial charge on any atom is -0.447 e. The lowest BCUT2D eigenvalue weighted by atomic mass is 9.79. The minimum atomic E-state index is 0.654. The van der Waals surface area contributed by atoms with Gasteiger partial charge in [0.2, 0.25) is 0 Å². The van der Waals surface area contributed by atoms with Crippen LogP contribution in [0, 0.1) is 11.8 Å². The van der Waals surface area contributed by atoms with Crippen LogP contribution in [0.1, 0.15) is 38.9 Å². The van der Waals surface area contributed by atoms with E-state index in [1.807, 2.05) is 0 Å². The molecule has 1 fully saturated rings. The highest BCUT2D eigenvalue weighted by molar-refractivity contribution is 4.89. The highest BCUT2D eigenvalue weighted by Gasteiger charge is 2.24. The van der Waals surface area contributed by atoms with Gasteiger partial charge in [-0.1, -0.05) is 13.8 Å². The van der Waals surface area contributed by atoms with Gasteiger partial charge >= 0.3 is 0 Å². The van der Waals surface area contributed by atoms with Gasteiger partial charge in [0.05, 0.1) is 12.7 Å². The molecule has 1 saturated carbocycles. The van der Waals surface area contributed by atoms with Gasteiger partial charge < -0.3 is 9.73 Å². The molecule has 0 bridgehead atoms. The van der Waals surface area contributed by atoms with E-state index in [1.54, 1.807) is 6.20 Å². The summed E-state index contributed by atoms with van der Waals surface area (Å²) in [5.41, 5.74) is 0. The van der Waals surface area contributed by atoms with Crippen LogP contribution in [0.3, 0.4) is 0 Å². The van der Waals surface area contributed by atoms with Crippen molar-refractivity contribution in [3.8, 4) is 0 Å². The van der Waals surface area contributed by atoms with Crippen LogP contribution in [0.25, 0.3) is 0 Å². The smallest absolute Gasteiger partial charge is 0.180 e. The van der Waals surface area contributed by atoms with E-state index in [0.717, 1.165) is 24.1 Å². The summed E-state index contributed by atoms with van der Waals surface area (Å²) < 4.78 is 5.20. The minimum absolute atomic E-state index is 0.654. The third-order valence-electron chi connectivity index (χ3n) is 3.65. The average molecular weight is 208 g/mol. The average Bonchev–Trinajstić information content (AvgIpc) is 2.73. The Balaban J connectivity index is 1.76. The molecule has 2 rings (SSSR count). The molecule has 0 saturated heterocycles. The molecule has 1 aromatic rings. The Labute approximate surface area is 91.3 Å². The third-order valence-corrected chi connectivity index (χ3v) is 3.65. The fourth-order valence-electron chi connectivity index (χ4n) is 2.31. The zero-order valence-corrected chi connectivity index (χ0v) is 9.57. The zero-order chi connectivity index (χ0) is 10.7. The van der Waals surface area contributed by atoms with Crippen molar-refractivity contribution in [3.05, 3.63) is 18.4 Å². The molecule has 0 aromatic carbocycles. The first-order valence-corrected chi connectivity index (χ1v) is 5.86. The Kier molecular flexibility index (Phi) is 3.41. The second kappa shape index (κ2) is 4.79. The molecule has 1 N–H and O–H groups in total. The lowest BCUT2D eigenvalue weighted by Gasteiger charge is -2.32. The molecular weight excluding hydrogens is 188 g/mol. The van der Waals surface area contributed by atoms with Gasteiger partial charge in [-0.15, -0.1) is 0 Å². The van der Waals surface area contributed by atoms with Crippen LogP contribution >= 0.6 is 0 Å². The predicted octanol–water partition coefficient (Wildman–Crippen LogP) is 2.59. The van der Waals surface area contributed by atoms with Gasteiger partial charge in [0.15, 0.2) is 6.39 Å². The maximum Gasteiger partial charge on any atom is 0.180 e. The molecular formula is C12H20N2O. The molecule has 15 heavy (non-hydrogen) atoms. The van der Waals surface area contributed by atoms with Crippen LogP contribution in [0.2, 0.25) is 0 Å². The van der Waals surface area contributed by atoms with E-state index in [9.17, 15) is 0 Å². The van der Waals surface area contributed by atoms with Gasteiger partial charge in [-0.25, -0.2) is 4.98 Å². The maximum absolute atomic E-state index is 5.20. The fourth-order valence-corrected chi connectivity index (χ4v) is 2.31. The Bertz CT molecular complexity index is 284. The molecule has 0 aliphatic heterocycles. The molecule has 3 nitrogen and oxygen atoms in total. The molecule has 1 aliphatic carbocycles. The van der Waals surface area contributed by atoms with E-state index in [0.29, 0.717) is 6.04 Å². The summed E-state index contributed by atoms with van der Waals surface area (Å²) in [4.78, 5) is 3.91. The monoisotopic (exact) mass is 208 g/mol.